The first-order chi connectivity index (χ1) is 7.83. The van der Waals surface area contributed by atoms with Crippen molar-refractivity contribution in [2.45, 2.75) is 39.5 Å². The lowest BCUT2D eigenvalue weighted by atomic mass is 9.80. The number of hydrogen-bond acceptors (Lipinski definition) is 2. The molecule has 0 bridgehead atoms. The molecule has 3 nitrogen and oxygen atoms in total. The molecule has 0 unspecified atom stereocenters. The zero-order valence-electron chi connectivity index (χ0n) is 11.1. The van der Waals surface area contributed by atoms with Gasteiger partial charge in [-0.15, -0.1) is 0 Å². The van der Waals surface area contributed by atoms with Gasteiger partial charge in [0.2, 0.25) is 0 Å². The Morgan fingerprint density at radius 3 is 2.41 bits per heavy atom. The lowest BCUT2D eigenvalue weighted by molar-refractivity contribution is 0.0696. The molecule has 0 saturated carbocycles. The Morgan fingerprint density at radius 1 is 1.41 bits per heavy atom. The van der Waals surface area contributed by atoms with E-state index in [0.717, 1.165) is 23.3 Å². The summed E-state index contributed by atoms with van der Waals surface area (Å²) in [6.45, 7) is 8.15. The first kappa shape index (κ1) is 13.6. The van der Waals surface area contributed by atoms with Crippen LogP contribution in [0.25, 0.3) is 0 Å². The molecule has 1 aromatic carbocycles. The minimum atomic E-state index is -0.899. The van der Waals surface area contributed by atoms with Crippen molar-refractivity contribution < 1.29 is 14.6 Å². The summed E-state index contributed by atoms with van der Waals surface area (Å²) in [5.41, 5.74) is 2.05. The molecule has 1 N–H and O–H groups in total. The van der Waals surface area contributed by atoms with E-state index in [-0.39, 0.29) is 5.41 Å². The quantitative estimate of drug-likeness (QED) is 0.871. The number of benzene rings is 1. The summed E-state index contributed by atoms with van der Waals surface area (Å²) < 4.78 is 5.41. The summed E-state index contributed by atoms with van der Waals surface area (Å²) in [7, 11) is 1.62. The number of hydrogen-bond donors (Lipinski definition) is 1. The second-order valence-corrected chi connectivity index (χ2v) is 4.92. The van der Waals surface area contributed by atoms with Crippen molar-refractivity contribution in [2.75, 3.05) is 7.11 Å². The van der Waals surface area contributed by atoms with Crippen molar-refractivity contribution in [3.8, 4) is 5.75 Å². The first-order valence-electron chi connectivity index (χ1n) is 5.76. The molecule has 0 aliphatic carbocycles. The number of rotatable bonds is 4. The van der Waals surface area contributed by atoms with Gasteiger partial charge in [-0.2, -0.15) is 0 Å². The molecule has 0 aliphatic rings. The molecule has 17 heavy (non-hydrogen) atoms. The fraction of sp³-hybridized carbons (Fsp3) is 0.500. The van der Waals surface area contributed by atoms with Gasteiger partial charge in [0.25, 0.3) is 0 Å². The van der Waals surface area contributed by atoms with Crippen LogP contribution in [-0.4, -0.2) is 18.2 Å². The average molecular weight is 236 g/mol. The largest absolute Gasteiger partial charge is 0.496 e. The summed E-state index contributed by atoms with van der Waals surface area (Å²) in [5.74, 6) is -0.106. The van der Waals surface area contributed by atoms with Crippen LogP contribution >= 0.6 is 0 Å². The average Bonchev–Trinajstić information content (AvgIpc) is 2.27. The summed E-state index contributed by atoms with van der Waals surface area (Å²) in [4.78, 5) is 11.1. The number of ether oxygens (including phenoxy) is 1. The highest BCUT2D eigenvalue weighted by molar-refractivity contribution is 5.88. The third-order valence-electron chi connectivity index (χ3n) is 3.34. The number of carbonyl (C=O) groups is 1. The van der Waals surface area contributed by atoms with Gasteiger partial charge in [-0.1, -0.05) is 20.8 Å². The maximum atomic E-state index is 11.1. The van der Waals surface area contributed by atoms with Gasteiger partial charge >= 0.3 is 5.97 Å². The standard InChI is InChI=1S/C14H20O3/c1-6-14(3,4)11-8-10(13(15)16)7-9(2)12(11)17-5/h7-8H,6H2,1-5H3,(H,15,16). The SMILES string of the molecule is CCC(C)(C)c1cc(C(=O)O)cc(C)c1OC. The molecule has 0 amide bonds. The maximum Gasteiger partial charge on any atom is 0.335 e. The van der Waals surface area contributed by atoms with Crippen LogP contribution in [0.3, 0.4) is 0 Å². The molecule has 0 radical (unpaired) electrons. The fourth-order valence-corrected chi connectivity index (χ4v) is 1.86. The predicted molar refractivity (Wildman–Crippen MR) is 68.0 cm³/mol. The normalized spacial score (nSPS) is 11.4. The maximum absolute atomic E-state index is 11.1. The monoisotopic (exact) mass is 236 g/mol. The molecular formula is C14H20O3. The smallest absolute Gasteiger partial charge is 0.335 e. The van der Waals surface area contributed by atoms with Gasteiger partial charge in [-0.3, -0.25) is 0 Å². The third-order valence-corrected chi connectivity index (χ3v) is 3.34. The molecule has 0 saturated heterocycles. The minimum Gasteiger partial charge on any atom is -0.496 e. The van der Waals surface area contributed by atoms with E-state index in [1.54, 1.807) is 19.2 Å². The summed E-state index contributed by atoms with van der Waals surface area (Å²) in [6.07, 6.45) is 0.922. The van der Waals surface area contributed by atoms with E-state index >= 15 is 0 Å². The van der Waals surface area contributed by atoms with E-state index in [1.165, 1.54) is 0 Å². The van der Waals surface area contributed by atoms with Crippen molar-refractivity contribution >= 4 is 5.97 Å². The predicted octanol–water partition coefficient (Wildman–Crippen LogP) is 3.39. The Hall–Kier alpha value is -1.51. The molecule has 94 valence electrons. The van der Waals surface area contributed by atoms with Crippen LogP contribution in [0.5, 0.6) is 5.75 Å². The van der Waals surface area contributed by atoms with E-state index in [9.17, 15) is 4.79 Å². The third kappa shape index (κ3) is 2.60. The van der Waals surface area contributed by atoms with E-state index in [0.29, 0.717) is 5.56 Å². The van der Waals surface area contributed by atoms with E-state index in [4.69, 9.17) is 9.84 Å². The Morgan fingerprint density at radius 2 is 2.00 bits per heavy atom. The molecule has 0 atom stereocenters. The molecule has 1 rings (SSSR count). The second kappa shape index (κ2) is 4.78. The summed E-state index contributed by atoms with van der Waals surface area (Å²) in [6, 6.07) is 3.37. The topological polar surface area (TPSA) is 46.5 Å². The molecule has 0 fully saturated rings. The van der Waals surface area contributed by atoms with Gasteiger partial charge in [-0.25, -0.2) is 4.79 Å². The minimum absolute atomic E-state index is 0.0957. The summed E-state index contributed by atoms with van der Waals surface area (Å²) in [5, 5.41) is 9.09. The van der Waals surface area contributed by atoms with Crippen LogP contribution in [0.15, 0.2) is 12.1 Å². The van der Waals surface area contributed by atoms with Gasteiger partial charge < -0.3 is 9.84 Å². The van der Waals surface area contributed by atoms with Crippen LogP contribution in [-0.2, 0) is 5.41 Å². The van der Waals surface area contributed by atoms with Gasteiger partial charge in [-0.05, 0) is 36.5 Å². The van der Waals surface area contributed by atoms with Gasteiger partial charge in [0.05, 0.1) is 12.7 Å². The zero-order chi connectivity index (χ0) is 13.2. The molecule has 0 aliphatic heterocycles. The Balaban J connectivity index is 3.49. The Kier molecular flexibility index (Phi) is 3.81. The van der Waals surface area contributed by atoms with Crippen molar-refractivity contribution in [2.24, 2.45) is 0 Å². The lowest BCUT2D eigenvalue weighted by Crippen LogP contribution is -2.18. The highest BCUT2D eigenvalue weighted by atomic mass is 16.5. The van der Waals surface area contributed by atoms with E-state index in [2.05, 4.69) is 20.8 Å². The molecule has 0 heterocycles. The van der Waals surface area contributed by atoms with Crippen molar-refractivity contribution in [1.29, 1.82) is 0 Å². The van der Waals surface area contributed by atoms with Crippen molar-refractivity contribution in [3.05, 3.63) is 28.8 Å². The van der Waals surface area contributed by atoms with Gasteiger partial charge in [0, 0.05) is 5.56 Å². The Labute approximate surface area is 102 Å². The van der Waals surface area contributed by atoms with Crippen LogP contribution in [0, 0.1) is 6.92 Å². The highest BCUT2D eigenvalue weighted by Crippen LogP contribution is 2.37. The number of aryl methyl sites for hydroxylation is 1. The number of methoxy groups -OCH3 is 1. The molecule has 0 spiro atoms. The van der Waals surface area contributed by atoms with Crippen LogP contribution in [0.4, 0.5) is 0 Å². The molecule has 3 heteroatoms. The first-order valence-corrected chi connectivity index (χ1v) is 5.76. The Bertz CT molecular complexity index is 433. The molecule has 1 aromatic rings. The summed E-state index contributed by atoms with van der Waals surface area (Å²) >= 11 is 0. The zero-order valence-corrected chi connectivity index (χ0v) is 11.1. The van der Waals surface area contributed by atoms with E-state index in [1.807, 2.05) is 6.92 Å². The fourth-order valence-electron chi connectivity index (χ4n) is 1.86. The van der Waals surface area contributed by atoms with Crippen LogP contribution < -0.4 is 4.74 Å². The van der Waals surface area contributed by atoms with Crippen LogP contribution in [0.1, 0.15) is 48.7 Å². The molecular weight excluding hydrogens is 216 g/mol. The number of carboxylic acids is 1. The van der Waals surface area contributed by atoms with Gasteiger partial charge in [0.1, 0.15) is 5.75 Å². The molecule has 0 aromatic heterocycles. The number of aromatic carboxylic acids is 1. The lowest BCUT2D eigenvalue weighted by Gasteiger charge is -2.27. The number of carboxylic acid groups (broad SMARTS) is 1. The van der Waals surface area contributed by atoms with Crippen LogP contribution in [0.2, 0.25) is 0 Å². The highest BCUT2D eigenvalue weighted by Gasteiger charge is 2.25. The van der Waals surface area contributed by atoms with Crippen molar-refractivity contribution in [1.82, 2.24) is 0 Å². The van der Waals surface area contributed by atoms with Crippen molar-refractivity contribution in [3.63, 3.8) is 0 Å². The van der Waals surface area contributed by atoms with E-state index < -0.39 is 5.97 Å². The van der Waals surface area contributed by atoms with Gasteiger partial charge in [0.15, 0.2) is 0 Å². The second-order valence-electron chi connectivity index (χ2n) is 4.92.